The summed E-state index contributed by atoms with van der Waals surface area (Å²) in [5.74, 6) is 0.408. The molecule has 0 atom stereocenters. The number of thiazole rings is 1. The third kappa shape index (κ3) is 3.81. The lowest BCUT2D eigenvalue weighted by Crippen LogP contribution is -2.31. The lowest BCUT2D eigenvalue weighted by Gasteiger charge is -2.02. The van der Waals surface area contributed by atoms with E-state index in [0.29, 0.717) is 17.0 Å². The fraction of sp³-hybridized carbons (Fsp3) is 0.167. The van der Waals surface area contributed by atoms with Gasteiger partial charge in [0.1, 0.15) is 0 Å². The molecule has 0 N–H and O–H groups in total. The second-order valence-corrected chi connectivity index (χ2v) is 6.23. The number of pyridine rings is 1. The number of benzene rings is 1. The quantitative estimate of drug-likeness (QED) is 0.517. The highest BCUT2D eigenvalue weighted by Gasteiger charge is 2.17. The molecule has 0 aliphatic rings. The Hall–Kier alpha value is -2.53. The molecule has 2 aromatic heterocycles. The first-order valence-electron chi connectivity index (χ1n) is 7.44. The van der Waals surface area contributed by atoms with Crippen molar-refractivity contribution in [3.05, 3.63) is 70.9 Å². The van der Waals surface area contributed by atoms with E-state index in [9.17, 15) is 9.90 Å². The first-order chi connectivity index (χ1) is 11.3. The maximum Gasteiger partial charge on any atom is 0.348 e. The molecular formula is C18H16N2O2S. The summed E-state index contributed by atoms with van der Waals surface area (Å²) in [6.07, 6.45) is 7.49. The molecule has 0 saturated carbocycles. The van der Waals surface area contributed by atoms with Crippen LogP contribution in [0.4, 0.5) is 0 Å². The summed E-state index contributed by atoms with van der Waals surface area (Å²) in [5, 5.41) is 11.0. The smallest absolute Gasteiger partial charge is 0.348 e. The highest BCUT2D eigenvalue weighted by Crippen LogP contribution is 2.19. The minimum atomic E-state index is -0.346. The molecule has 3 rings (SSSR count). The highest BCUT2D eigenvalue weighted by atomic mass is 32.1. The number of hydrogen-bond donors (Lipinski definition) is 0. The van der Waals surface area contributed by atoms with Gasteiger partial charge in [-0.25, -0.2) is 4.57 Å². The summed E-state index contributed by atoms with van der Waals surface area (Å²) in [4.78, 5) is 15.2. The molecule has 0 saturated heterocycles. The zero-order valence-electron chi connectivity index (χ0n) is 12.5. The Morgan fingerprint density at radius 3 is 2.35 bits per heavy atom. The van der Waals surface area contributed by atoms with Gasteiger partial charge < -0.3 is 5.11 Å². The molecule has 0 spiro atoms. The van der Waals surface area contributed by atoms with Gasteiger partial charge in [0.05, 0.1) is 12.4 Å². The summed E-state index contributed by atoms with van der Waals surface area (Å²) in [6, 6.07) is 14.4. The topological polar surface area (TPSA) is 56.9 Å². The van der Waals surface area contributed by atoms with Crippen molar-refractivity contribution in [1.82, 2.24) is 4.98 Å². The van der Waals surface area contributed by atoms with Crippen LogP contribution in [-0.2, 0) is 12.8 Å². The van der Waals surface area contributed by atoms with Crippen LogP contribution in [0.5, 0.6) is 5.19 Å². The van der Waals surface area contributed by atoms with Gasteiger partial charge in [0.25, 0.3) is 0 Å². The van der Waals surface area contributed by atoms with E-state index in [1.165, 1.54) is 11.1 Å². The standard InChI is InChI=1S/C18H16N2O2S/c21-13-16-17(19-18(22)23-16)20-11-9-15(10-12-20)8-4-7-14-5-2-1-3-6-14/h1-3,5-6,9-13H,4,7-8H2. The van der Waals surface area contributed by atoms with Gasteiger partial charge in [-0.1, -0.05) is 41.7 Å². The summed E-state index contributed by atoms with van der Waals surface area (Å²) >= 11 is 0.869. The summed E-state index contributed by atoms with van der Waals surface area (Å²) < 4.78 is 1.71. The monoisotopic (exact) mass is 324 g/mol. The molecule has 0 radical (unpaired) electrons. The first-order valence-corrected chi connectivity index (χ1v) is 8.25. The molecule has 0 aliphatic carbocycles. The number of nitrogens with zero attached hydrogens (tertiary/aromatic N) is 2. The maximum absolute atomic E-state index is 11.3. The fourth-order valence-electron chi connectivity index (χ4n) is 2.47. The van der Waals surface area contributed by atoms with Crippen molar-refractivity contribution >= 4 is 17.6 Å². The maximum atomic E-state index is 11.3. The number of hydrogen-bond acceptors (Lipinski definition) is 4. The molecule has 2 heterocycles. The molecule has 4 nitrogen and oxygen atoms in total. The Kier molecular flexibility index (Phi) is 4.78. The van der Waals surface area contributed by atoms with Crippen LogP contribution in [0.2, 0.25) is 0 Å². The van der Waals surface area contributed by atoms with E-state index in [4.69, 9.17) is 0 Å². The van der Waals surface area contributed by atoms with Crippen molar-refractivity contribution in [3.8, 4) is 11.0 Å². The van der Waals surface area contributed by atoms with Gasteiger partial charge in [0.2, 0.25) is 0 Å². The van der Waals surface area contributed by atoms with E-state index in [1.54, 1.807) is 4.57 Å². The number of aldehydes is 1. The zero-order chi connectivity index (χ0) is 16.1. The Balaban J connectivity index is 1.64. The summed E-state index contributed by atoms with van der Waals surface area (Å²) in [7, 11) is 0. The van der Waals surface area contributed by atoms with Crippen molar-refractivity contribution in [2.24, 2.45) is 0 Å². The van der Waals surface area contributed by atoms with Crippen molar-refractivity contribution in [2.45, 2.75) is 19.3 Å². The van der Waals surface area contributed by atoms with E-state index < -0.39 is 0 Å². The number of aromatic nitrogens is 2. The van der Waals surface area contributed by atoms with Crippen LogP contribution in [0.25, 0.3) is 5.82 Å². The van der Waals surface area contributed by atoms with Crippen LogP contribution in [0.15, 0.2) is 54.9 Å². The largest absolute Gasteiger partial charge is 0.831 e. The molecule has 3 aromatic rings. The van der Waals surface area contributed by atoms with Crippen molar-refractivity contribution in [2.75, 3.05) is 0 Å². The molecule has 1 aromatic carbocycles. The predicted molar refractivity (Wildman–Crippen MR) is 86.9 cm³/mol. The van der Waals surface area contributed by atoms with Crippen LogP contribution >= 0.6 is 11.3 Å². The Morgan fingerprint density at radius 2 is 1.70 bits per heavy atom. The number of aryl methyl sites for hydroxylation is 2. The third-order valence-electron chi connectivity index (χ3n) is 3.64. The molecule has 23 heavy (non-hydrogen) atoms. The molecule has 5 heteroatoms. The van der Waals surface area contributed by atoms with Crippen LogP contribution in [-0.4, -0.2) is 11.3 Å². The zero-order valence-corrected chi connectivity index (χ0v) is 13.3. The Labute approximate surface area is 138 Å². The average molecular weight is 324 g/mol. The average Bonchev–Trinajstić information content (AvgIpc) is 2.97. The van der Waals surface area contributed by atoms with Crippen LogP contribution in [0.3, 0.4) is 0 Å². The fourth-order valence-corrected chi connectivity index (χ4v) is 3.08. The Morgan fingerprint density at radius 1 is 1.04 bits per heavy atom. The number of rotatable bonds is 6. The highest BCUT2D eigenvalue weighted by molar-refractivity contribution is 7.15. The minimum Gasteiger partial charge on any atom is -0.831 e. The van der Waals surface area contributed by atoms with Crippen molar-refractivity contribution in [1.29, 1.82) is 0 Å². The van der Waals surface area contributed by atoms with Gasteiger partial charge in [-0.15, -0.1) is 0 Å². The Bertz CT molecular complexity index is 783. The van der Waals surface area contributed by atoms with Gasteiger partial charge in [-0.05, 0) is 47.5 Å². The van der Waals surface area contributed by atoms with E-state index in [0.717, 1.165) is 30.6 Å². The van der Waals surface area contributed by atoms with E-state index in [2.05, 4.69) is 29.2 Å². The SMILES string of the molecule is O=Cc1sc([O-])nc1-[n+]1ccc(CCCc2ccccc2)cc1. The lowest BCUT2D eigenvalue weighted by molar-refractivity contribution is -0.599. The molecular weight excluding hydrogens is 308 g/mol. The van der Waals surface area contributed by atoms with Gasteiger partial charge >= 0.3 is 5.82 Å². The van der Waals surface area contributed by atoms with Gasteiger partial charge in [-0.2, -0.15) is 0 Å². The summed E-state index contributed by atoms with van der Waals surface area (Å²) in [6.45, 7) is 0. The minimum absolute atomic E-state index is 0.346. The van der Waals surface area contributed by atoms with Gasteiger partial charge in [0.15, 0.2) is 16.4 Å². The number of carbonyl (C=O) groups is 1. The van der Waals surface area contributed by atoms with Gasteiger partial charge in [-0.3, -0.25) is 4.79 Å². The molecule has 0 fully saturated rings. The van der Waals surface area contributed by atoms with Crippen LogP contribution < -0.4 is 9.67 Å². The van der Waals surface area contributed by atoms with Crippen molar-refractivity contribution < 1.29 is 14.5 Å². The number of carbonyl (C=O) groups excluding carboxylic acids is 1. The second-order valence-electron chi connectivity index (χ2n) is 5.24. The van der Waals surface area contributed by atoms with Gasteiger partial charge in [0, 0.05) is 0 Å². The van der Waals surface area contributed by atoms with E-state index >= 15 is 0 Å². The van der Waals surface area contributed by atoms with Crippen LogP contribution in [0.1, 0.15) is 27.2 Å². The molecule has 0 unspecified atom stereocenters. The molecule has 0 aliphatic heterocycles. The second kappa shape index (κ2) is 7.15. The molecule has 116 valence electrons. The molecule has 0 amide bonds. The van der Waals surface area contributed by atoms with E-state index in [-0.39, 0.29) is 5.19 Å². The summed E-state index contributed by atoms with van der Waals surface area (Å²) in [5.41, 5.74) is 2.57. The van der Waals surface area contributed by atoms with Crippen molar-refractivity contribution in [3.63, 3.8) is 0 Å². The predicted octanol–water partition coefficient (Wildman–Crippen LogP) is 2.48. The van der Waals surface area contributed by atoms with Crippen LogP contribution in [0, 0.1) is 0 Å². The normalized spacial score (nSPS) is 10.6. The lowest BCUT2D eigenvalue weighted by atomic mass is 10.1. The first kappa shape index (κ1) is 15.4. The third-order valence-corrected chi connectivity index (χ3v) is 4.40. The van der Waals surface area contributed by atoms with E-state index in [1.807, 2.05) is 30.6 Å². The molecule has 0 bridgehead atoms.